The Labute approximate surface area is 121 Å². The van der Waals surface area contributed by atoms with E-state index in [4.69, 9.17) is 14.2 Å². The highest BCUT2D eigenvalue weighted by atomic mass is 16.7. The lowest BCUT2D eigenvalue weighted by atomic mass is 10.2. The molecule has 1 aliphatic heterocycles. The Morgan fingerprint density at radius 2 is 1.85 bits per heavy atom. The van der Waals surface area contributed by atoms with Crippen molar-refractivity contribution in [3.63, 3.8) is 0 Å². The predicted octanol–water partition coefficient (Wildman–Crippen LogP) is 1.64. The lowest BCUT2D eigenvalue weighted by Crippen LogP contribution is -2.49. The molecular formula is C14H28N2O4. The maximum Gasteiger partial charge on any atom is 0.407 e. The van der Waals surface area contributed by atoms with Gasteiger partial charge in [-0.05, 0) is 47.6 Å². The third-order valence-corrected chi connectivity index (χ3v) is 2.72. The SMILES string of the molecule is CC(C)(C)OC(=O)NCCCNC1COC(C)(C)OC1. The molecule has 20 heavy (non-hydrogen) atoms. The average Bonchev–Trinajstić information content (AvgIpc) is 2.28. The summed E-state index contributed by atoms with van der Waals surface area (Å²) in [4.78, 5) is 11.4. The molecule has 6 heteroatoms. The summed E-state index contributed by atoms with van der Waals surface area (Å²) in [5, 5.41) is 6.07. The summed E-state index contributed by atoms with van der Waals surface area (Å²) in [6.45, 7) is 12.0. The molecule has 1 heterocycles. The Bertz CT molecular complexity index is 303. The maximum absolute atomic E-state index is 11.4. The van der Waals surface area contributed by atoms with E-state index in [1.807, 2.05) is 34.6 Å². The van der Waals surface area contributed by atoms with E-state index in [1.165, 1.54) is 0 Å². The molecule has 0 atom stereocenters. The van der Waals surface area contributed by atoms with Gasteiger partial charge in [0.15, 0.2) is 5.79 Å². The molecule has 0 aromatic carbocycles. The van der Waals surface area contributed by atoms with E-state index in [-0.39, 0.29) is 12.1 Å². The molecule has 118 valence electrons. The monoisotopic (exact) mass is 288 g/mol. The largest absolute Gasteiger partial charge is 0.444 e. The number of hydrogen-bond acceptors (Lipinski definition) is 5. The van der Waals surface area contributed by atoms with Crippen molar-refractivity contribution in [3.8, 4) is 0 Å². The minimum atomic E-state index is -0.476. The van der Waals surface area contributed by atoms with Crippen LogP contribution in [0.4, 0.5) is 4.79 Å². The molecule has 1 rings (SSSR count). The van der Waals surface area contributed by atoms with E-state index in [2.05, 4.69) is 10.6 Å². The molecule has 0 spiro atoms. The molecule has 0 aromatic heterocycles. The van der Waals surface area contributed by atoms with Crippen molar-refractivity contribution in [2.24, 2.45) is 0 Å². The summed E-state index contributed by atoms with van der Waals surface area (Å²) in [5.41, 5.74) is -0.452. The van der Waals surface area contributed by atoms with Gasteiger partial charge in [-0.3, -0.25) is 0 Å². The van der Waals surface area contributed by atoms with E-state index < -0.39 is 11.4 Å². The summed E-state index contributed by atoms with van der Waals surface area (Å²) in [5.74, 6) is -0.476. The molecule has 2 N–H and O–H groups in total. The van der Waals surface area contributed by atoms with Crippen LogP contribution in [-0.2, 0) is 14.2 Å². The van der Waals surface area contributed by atoms with Gasteiger partial charge in [0.1, 0.15) is 5.60 Å². The van der Waals surface area contributed by atoms with Crippen LogP contribution in [0.25, 0.3) is 0 Å². The van der Waals surface area contributed by atoms with E-state index in [0.717, 1.165) is 13.0 Å². The van der Waals surface area contributed by atoms with Gasteiger partial charge in [0.05, 0.1) is 19.3 Å². The van der Waals surface area contributed by atoms with E-state index in [0.29, 0.717) is 19.8 Å². The number of rotatable bonds is 5. The fourth-order valence-electron chi connectivity index (χ4n) is 1.71. The van der Waals surface area contributed by atoms with Gasteiger partial charge in [0.25, 0.3) is 0 Å². The van der Waals surface area contributed by atoms with Crippen molar-refractivity contribution >= 4 is 6.09 Å². The van der Waals surface area contributed by atoms with E-state index in [1.54, 1.807) is 0 Å². The zero-order chi connectivity index (χ0) is 15.2. The van der Waals surface area contributed by atoms with Crippen molar-refractivity contribution < 1.29 is 19.0 Å². The first-order valence-corrected chi connectivity index (χ1v) is 7.16. The topological polar surface area (TPSA) is 68.8 Å². The fourth-order valence-corrected chi connectivity index (χ4v) is 1.71. The van der Waals surface area contributed by atoms with Crippen LogP contribution >= 0.6 is 0 Å². The third kappa shape index (κ3) is 7.67. The van der Waals surface area contributed by atoms with Crippen LogP contribution in [0.2, 0.25) is 0 Å². The Morgan fingerprint density at radius 3 is 2.40 bits per heavy atom. The molecule has 1 saturated heterocycles. The number of nitrogens with one attached hydrogen (secondary N) is 2. The van der Waals surface area contributed by atoms with Gasteiger partial charge < -0.3 is 24.8 Å². The molecule has 0 radical (unpaired) electrons. The van der Waals surface area contributed by atoms with Crippen LogP contribution < -0.4 is 10.6 Å². The first-order valence-electron chi connectivity index (χ1n) is 7.16. The normalized spacial score (nSPS) is 19.6. The Kier molecular flexibility index (Phi) is 6.23. The second-order valence-corrected chi connectivity index (χ2v) is 6.46. The second-order valence-electron chi connectivity index (χ2n) is 6.46. The number of hydrogen-bond donors (Lipinski definition) is 2. The summed E-state index contributed by atoms with van der Waals surface area (Å²) in [7, 11) is 0. The molecule has 6 nitrogen and oxygen atoms in total. The Morgan fingerprint density at radius 1 is 1.25 bits per heavy atom. The van der Waals surface area contributed by atoms with Gasteiger partial charge in [-0.1, -0.05) is 0 Å². The van der Waals surface area contributed by atoms with E-state index >= 15 is 0 Å². The van der Waals surface area contributed by atoms with Crippen LogP contribution in [0.5, 0.6) is 0 Å². The first kappa shape index (κ1) is 17.2. The minimum Gasteiger partial charge on any atom is -0.444 e. The predicted molar refractivity (Wildman–Crippen MR) is 76.6 cm³/mol. The summed E-state index contributed by atoms with van der Waals surface area (Å²) >= 11 is 0. The highest BCUT2D eigenvalue weighted by Gasteiger charge is 2.27. The zero-order valence-electron chi connectivity index (χ0n) is 13.2. The van der Waals surface area contributed by atoms with Crippen molar-refractivity contribution in [2.45, 2.75) is 58.5 Å². The molecule has 1 fully saturated rings. The lowest BCUT2D eigenvalue weighted by Gasteiger charge is -2.35. The standard InChI is InChI=1S/C14H28N2O4/c1-13(2,3)20-12(17)16-8-6-7-15-11-9-18-14(4,5)19-10-11/h11,15H,6-10H2,1-5H3,(H,16,17). The highest BCUT2D eigenvalue weighted by Crippen LogP contribution is 2.16. The number of amides is 1. The minimum absolute atomic E-state index is 0.213. The lowest BCUT2D eigenvalue weighted by molar-refractivity contribution is -0.252. The van der Waals surface area contributed by atoms with Crippen LogP contribution in [0.1, 0.15) is 41.0 Å². The van der Waals surface area contributed by atoms with Gasteiger partial charge in [-0.15, -0.1) is 0 Å². The quantitative estimate of drug-likeness (QED) is 0.753. The fraction of sp³-hybridized carbons (Fsp3) is 0.929. The first-order chi connectivity index (χ1) is 9.18. The van der Waals surface area contributed by atoms with Crippen molar-refractivity contribution in [1.29, 1.82) is 0 Å². The molecule has 0 bridgehead atoms. The van der Waals surface area contributed by atoms with Crippen molar-refractivity contribution in [2.75, 3.05) is 26.3 Å². The molecule has 1 aliphatic rings. The molecule has 0 aliphatic carbocycles. The number of ether oxygens (including phenoxy) is 3. The van der Waals surface area contributed by atoms with Crippen LogP contribution in [0.15, 0.2) is 0 Å². The van der Waals surface area contributed by atoms with Crippen molar-refractivity contribution in [1.82, 2.24) is 10.6 Å². The van der Waals surface area contributed by atoms with Gasteiger partial charge in [-0.25, -0.2) is 4.79 Å². The summed E-state index contributed by atoms with van der Waals surface area (Å²) < 4.78 is 16.3. The molecule has 0 saturated carbocycles. The summed E-state index contributed by atoms with van der Waals surface area (Å²) in [6, 6.07) is 0.213. The highest BCUT2D eigenvalue weighted by molar-refractivity contribution is 5.67. The van der Waals surface area contributed by atoms with Crippen LogP contribution in [-0.4, -0.2) is 49.8 Å². The van der Waals surface area contributed by atoms with Crippen molar-refractivity contribution in [3.05, 3.63) is 0 Å². The number of carbonyl (C=O) groups excluding carboxylic acids is 1. The molecule has 0 aromatic rings. The second kappa shape index (κ2) is 7.24. The Hall–Kier alpha value is -0.850. The molecule has 0 unspecified atom stereocenters. The summed E-state index contributed by atoms with van der Waals surface area (Å²) in [6.07, 6.45) is 0.461. The van der Waals surface area contributed by atoms with E-state index in [9.17, 15) is 4.79 Å². The number of alkyl carbamates (subject to hydrolysis) is 1. The van der Waals surface area contributed by atoms with Crippen LogP contribution in [0.3, 0.4) is 0 Å². The van der Waals surface area contributed by atoms with Gasteiger partial charge in [0.2, 0.25) is 0 Å². The van der Waals surface area contributed by atoms with Crippen LogP contribution in [0, 0.1) is 0 Å². The Balaban J connectivity index is 2.02. The molecular weight excluding hydrogens is 260 g/mol. The number of carbonyl (C=O) groups is 1. The zero-order valence-corrected chi connectivity index (χ0v) is 13.2. The maximum atomic E-state index is 11.4. The smallest absolute Gasteiger partial charge is 0.407 e. The third-order valence-electron chi connectivity index (χ3n) is 2.72. The average molecular weight is 288 g/mol. The van der Waals surface area contributed by atoms with Gasteiger partial charge in [0, 0.05) is 6.54 Å². The van der Waals surface area contributed by atoms with Gasteiger partial charge in [-0.2, -0.15) is 0 Å². The molecule has 1 amide bonds. The van der Waals surface area contributed by atoms with Gasteiger partial charge >= 0.3 is 6.09 Å².